The van der Waals surface area contributed by atoms with E-state index in [2.05, 4.69) is 0 Å². The van der Waals surface area contributed by atoms with Crippen molar-refractivity contribution in [2.45, 2.75) is 58.0 Å². The van der Waals surface area contributed by atoms with Crippen LogP contribution in [0.2, 0.25) is 0 Å². The molecule has 0 spiro atoms. The molecule has 94 valence electrons. The van der Waals surface area contributed by atoms with Gasteiger partial charge in [0.15, 0.2) is 0 Å². The van der Waals surface area contributed by atoms with Gasteiger partial charge in [-0.1, -0.05) is 0 Å². The second-order valence-corrected chi connectivity index (χ2v) is 5.84. The molecule has 0 atom stereocenters. The number of nitrogens with two attached hydrogens (primary N) is 1. The summed E-state index contributed by atoms with van der Waals surface area (Å²) in [6, 6.07) is 0.323. The Morgan fingerprint density at radius 1 is 1.31 bits per heavy atom. The van der Waals surface area contributed by atoms with Crippen LogP contribution in [0.15, 0.2) is 0 Å². The molecule has 1 aliphatic rings. The minimum atomic E-state index is -0.817. The van der Waals surface area contributed by atoms with Gasteiger partial charge >= 0.3 is 6.09 Å². The number of carboxylic acid groups (broad SMARTS) is 1. The first-order valence-electron chi connectivity index (χ1n) is 6.07. The predicted molar refractivity (Wildman–Crippen MR) is 64.4 cm³/mol. The van der Waals surface area contributed by atoms with Crippen LogP contribution in [0.1, 0.15) is 46.5 Å². The number of amides is 1. The first kappa shape index (κ1) is 13.3. The highest BCUT2D eigenvalue weighted by atomic mass is 16.4. The van der Waals surface area contributed by atoms with E-state index >= 15 is 0 Å². The summed E-state index contributed by atoms with van der Waals surface area (Å²) in [6.07, 6.45) is 3.36. The van der Waals surface area contributed by atoms with Crippen LogP contribution in [0.4, 0.5) is 4.79 Å². The van der Waals surface area contributed by atoms with Crippen LogP contribution in [-0.2, 0) is 0 Å². The largest absolute Gasteiger partial charge is 0.465 e. The average molecular weight is 228 g/mol. The molecule has 0 radical (unpaired) electrons. The smallest absolute Gasteiger partial charge is 0.407 e. The predicted octanol–water partition coefficient (Wildman–Crippen LogP) is 2.28. The van der Waals surface area contributed by atoms with Gasteiger partial charge in [-0.15, -0.1) is 0 Å². The summed E-state index contributed by atoms with van der Waals surface area (Å²) in [5.41, 5.74) is 5.53. The summed E-state index contributed by atoms with van der Waals surface area (Å²) in [7, 11) is 0. The highest BCUT2D eigenvalue weighted by Gasteiger charge is 2.30. The molecular weight excluding hydrogens is 204 g/mol. The summed E-state index contributed by atoms with van der Waals surface area (Å²) in [5, 5.41) is 9.19. The lowest BCUT2D eigenvalue weighted by Gasteiger charge is -2.37. The fourth-order valence-corrected chi connectivity index (χ4v) is 2.27. The average Bonchev–Trinajstić information content (AvgIpc) is 2.14. The molecule has 0 bridgehead atoms. The highest BCUT2D eigenvalue weighted by Crippen LogP contribution is 2.26. The van der Waals surface area contributed by atoms with E-state index in [0.717, 1.165) is 25.7 Å². The molecular formula is C12H24N2O2. The lowest BCUT2D eigenvalue weighted by atomic mass is 9.85. The van der Waals surface area contributed by atoms with Crippen molar-refractivity contribution in [1.82, 2.24) is 4.90 Å². The molecule has 1 rings (SSSR count). The molecule has 1 aliphatic carbocycles. The first-order valence-corrected chi connectivity index (χ1v) is 6.07. The van der Waals surface area contributed by atoms with Crippen molar-refractivity contribution in [3.63, 3.8) is 0 Å². The molecule has 1 saturated carbocycles. The Morgan fingerprint density at radius 2 is 1.81 bits per heavy atom. The van der Waals surface area contributed by atoms with E-state index in [1.807, 2.05) is 20.8 Å². The number of nitrogens with zero attached hydrogens (tertiary/aromatic N) is 1. The molecule has 4 nitrogen and oxygen atoms in total. The van der Waals surface area contributed by atoms with Crippen LogP contribution in [0, 0.1) is 5.92 Å². The Morgan fingerprint density at radius 3 is 2.19 bits per heavy atom. The molecule has 1 amide bonds. The maximum Gasteiger partial charge on any atom is 0.407 e. The van der Waals surface area contributed by atoms with Crippen LogP contribution in [0.5, 0.6) is 0 Å². The summed E-state index contributed by atoms with van der Waals surface area (Å²) in [5.74, 6) is 0.482. The molecule has 0 aliphatic heterocycles. The van der Waals surface area contributed by atoms with Crippen molar-refractivity contribution in [1.29, 1.82) is 0 Å². The Hall–Kier alpha value is -0.770. The summed E-state index contributed by atoms with van der Waals surface area (Å²) >= 11 is 0. The molecule has 0 unspecified atom stereocenters. The van der Waals surface area contributed by atoms with E-state index in [1.54, 1.807) is 4.90 Å². The number of carbonyl (C=O) groups is 1. The van der Waals surface area contributed by atoms with Crippen molar-refractivity contribution in [3.05, 3.63) is 0 Å². The third kappa shape index (κ3) is 3.67. The second-order valence-electron chi connectivity index (χ2n) is 5.84. The molecule has 0 aromatic heterocycles. The number of hydrogen-bond donors (Lipinski definition) is 2. The van der Waals surface area contributed by atoms with Gasteiger partial charge < -0.3 is 15.7 Å². The van der Waals surface area contributed by atoms with Gasteiger partial charge in [0.05, 0.1) is 0 Å². The Kier molecular flexibility index (Phi) is 4.19. The lowest BCUT2D eigenvalue weighted by molar-refractivity contribution is 0.0822. The molecule has 0 heterocycles. The van der Waals surface area contributed by atoms with Gasteiger partial charge in [0.1, 0.15) is 0 Å². The van der Waals surface area contributed by atoms with Gasteiger partial charge in [0, 0.05) is 18.1 Å². The van der Waals surface area contributed by atoms with E-state index in [-0.39, 0.29) is 5.54 Å². The van der Waals surface area contributed by atoms with E-state index in [4.69, 9.17) is 5.73 Å². The maximum absolute atomic E-state index is 11.2. The SMILES string of the molecule is CC(C)(C)N(C[C@H]1CC[C@H](N)CC1)C(=O)O. The summed E-state index contributed by atoms with van der Waals surface area (Å²) in [6.45, 7) is 6.46. The molecule has 1 fully saturated rings. The Bertz CT molecular complexity index is 240. The van der Waals surface area contributed by atoms with Crippen LogP contribution in [0.3, 0.4) is 0 Å². The van der Waals surface area contributed by atoms with Crippen molar-refractivity contribution >= 4 is 6.09 Å². The van der Waals surface area contributed by atoms with Crippen LogP contribution in [-0.4, -0.2) is 34.2 Å². The van der Waals surface area contributed by atoms with Crippen molar-refractivity contribution in [2.75, 3.05) is 6.54 Å². The van der Waals surface area contributed by atoms with Crippen molar-refractivity contribution in [3.8, 4) is 0 Å². The van der Waals surface area contributed by atoms with Gasteiger partial charge in [-0.3, -0.25) is 0 Å². The lowest BCUT2D eigenvalue weighted by Crippen LogP contribution is -2.48. The van der Waals surface area contributed by atoms with Gasteiger partial charge in [-0.2, -0.15) is 0 Å². The summed E-state index contributed by atoms with van der Waals surface area (Å²) in [4.78, 5) is 12.7. The van der Waals surface area contributed by atoms with Gasteiger partial charge in [-0.05, 0) is 52.4 Å². The molecule has 3 N–H and O–H groups in total. The van der Waals surface area contributed by atoms with Gasteiger partial charge in [-0.25, -0.2) is 4.79 Å². The van der Waals surface area contributed by atoms with E-state index in [0.29, 0.717) is 18.5 Å². The van der Waals surface area contributed by atoms with Crippen LogP contribution >= 0.6 is 0 Å². The monoisotopic (exact) mass is 228 g/mol. The second kappa shape index (κ2) is 5.04. The zero-order valence-electron chi connectivity index (χ0n) is 10.6. The highest BCUT2D eigenvalue weighted by molar-refractivity contribution is 5.66. The Balaban J connectivity index is 2.53. The molecule has 16 heavy (non-hydrogen) atoms. The van der Waals surface area contributed by atoms with Crippen LogP contribution < -0.4 is 5.73 Å². The van der Waals surface area contributed by atoms with Crippen molar-refractivity contribution < 1.29 is 9.90 Å². The van der Waals surface area contributed by atoms with Gasteiger partial charge in [0.2, 0.25) is 0 Å². The third-order valence-corrected chi connectivity index (χ3v) is 3.37. The molecule has 0 aromatic rings. The standard InChI is InChI=1S/C12H24N2O2/c1-12(2,3)14(11(15)16)8-9-4-6-10(13)7-5-9/h9-10H,4-8,13H2,1-3H3,(H,15,16)/t9-,10-. The molecule has 4 heteroatoms. The maximum atomic E-state index is 11.2. The molecule has 0 saturated heterocycles. The fraction of sp³-hybridized carbons (Fsp3) is 0.917. The minimum Gasteiger partial charge on any atom is -0.465 e. The summed E-state index contributed by atoms with van der Waals surface area (Å²) < 4.78 is 0. The van der Waals surface area contributed by atoms with E-state index < -0.39 is 6.09 Å². The molecule has 0 aromatic carbocycles. The fourth-order valence-electron chi connectivity index (χ4n) is 2.27. The van der Waals surface area contributed by atoms with Gasteiger partial charge in [0.25, 0.3) is 0 Å². The minimum absolute atomic E-state index is 0.314. The third-order valence-electron chi connectivity index (χ3n) is 3.37. The number of hydrogen-bond acceptors (Lipinski definition) is 2. The van der Waals surface area contributed by atoms with Crippen LogP contribution in [0.25, 0.3) is 0 Å². The number of rotatable bonds is 2. The van der Waals surface area contributed by atoms with Crippen molar-refractivity contribution in [2.24, 2.45) is 11.7 Å². The zero-order chi connectivity index (χ0) is 12.3. The quantitative estimate of drug-likeness (QED) is 0.762. The first-order chi connectivity index (χ1) is 7.30. The zero-order valence-corrected chi connectivity index (χ0v) is 10.6. The topological polar surface area (TPSA) is 66.6 Å². The normalized spacial score (nSPS) is 26.5. The Labute approximate surface area is 97.8 Å². The van der Waals surface area contributed by atoms with E-state index in [9.17, 15) is 9.90 Å². The van der Waals surface area contributed by atoms with E-state index in [1.165, 1.54) is 0 Å².